The Bertz CT molecular complexity index is 943. The normalized spacial score (nSPS) is 18.8. The average Bonchev–Trinajstić information content (AvgIpc) is 3.30. The quantitative estimate of drug-likeness (QED) is 0.459. The van der Waals surface area contributed by atoms with E-state index >= 15 is 0 Å². The number of amidine groups is 1. The Morgan fingerprint density at radius 2 is 1.93 bits per heavy atom. The monoisotopic (exact) mass is 384 g/mol. The highest BCUT2D eigenvalue weighted by Gasteiger charge is 2.27. The Morgan fingerprint density at radius 1 is 1.19 bits per heavy atom. The molecular formula is C18H16N4O4S. The fourth-order valence-corrected chi connectivity index (χ4v) is 3.85. The molecule has 1 amide bonds. The smallest absolute Gasteiger partial charge is 0.286 e. The lowest BCUT2D eigenvalue weighted by Crippen LogP contribution is -2.38. The van der Waals surface area contributed by atoms with Gasteiger partial charge in [-0.1, -0.05) is 0 Å². The Balaban J connectivity index is 1.56. The number of morpholine rings is 1. The number of hydrogen-bond donors (Lipinski definition) is 0. The third kappa shape index (κ3) is 3.64. The van der Waals surface area contributed by atoms with Crippen molar-refractivity contribution in [2.24, 2.45) is 4.99 Å². The van der Waals surface area contributed by atoms with Crippen molar-refractivity contribution in [1.82, 2.24) is 9.47 Å². The summed E-state index contributed by atoms with van der Waals surface area (Å²) < 4.78 is 7.21. The molecule has 0 atom stereocenters. The third-order valence-electron chi connectivity index (χ3n) is 4.29. The highest BCUT2D eigenvalue weighted by Crippen LogP contribution is 2.31. The van der Waals surface area contributed by atoms with Crippen LogP contribution in [0.1, 0.15) is 5.69 Å². The van der Waals surface area contributed by atoms with Gasteiger partial charge in [-0.05, 0) is 42.1 Å². The largest absolute Gasteiger partial charge is 0.378 e. The van der Waals surface area contributed by atoms with Gasteiger partial charge in [0.05, 0.1) is 23.0 Å². The van der Waals surface area contributed by atoms with Crippen molar-refractivity contribution in [3.8, 4) is 5.69 Å². The summed E-state index contributed by atoms with van der Waals surface area (Å²) in [6, 6.07) is 10.0. The molecular weight excluding hydrogens is 368 g/mol. The first kappa shape index (κ1) is 17.5. The van der Waals surface area contributed by atoms with Crippen molar-refractivity contribution in [2.75, 3.05) is 26.3 Å². The molecule has 0 aliphatic carbocycles. The van der Waals surface area contributed by atoms with Gasteiger partial charge >= 0.3 is 0 Å². The third-order valence-corrected chi connectivity index (χ3v) is 5.33. The number of carbonyl (C=O) groups excluding carboxylic acids is 1. The van der Waals surface area contributed by atoms with Crippen LogP contribution < -0.4 is 0 Å². The lowest BCUT2D eigenvalue weighted by Gasteiger charge is -2.27. The number of nitro benzene ring substituents is 1. The van der Waals surface area contributed by atoms with E-state index in [1.807, 2.05) is 22.9 Å². The van der Waals surface area contributed by atoms with Crippen molar-refractivity contribution >= 4 is 34.6 Å². The average molecular weight is 384 g/mol. The summed E-state index contributed by atoms with van der Waals surface area (Å²) >= 11 is 1.36. The van der Waals surface area contributed by atoms with Gasteiger partial charge in [-0.15, -0.1) is 0 Å². The van der Waals surface area contributed by atoms with Crippen molar-refractivity contribution in [3.05, 3.63) is 63.3 Å². The van der Waals surface area contributed by atoms with Crippen LogP contribution in [0.15, 0.2) is 52.5 Å². The number of aliphatic imine (C=N–C) groups is 1. The number of amides is 1. The molecule has 1 saturated heterocycles. The number of nitro groups is 1. The predicted octanol–water partition coefficient (Wildman–Crippen LogP) is 2.69. The van der Waals surface area contributed by atoms with Gasteiger partial charge in [0, 0.05) is 42.8 Å². The number of aromatic nitrogens is 1. The molecule has 138 valence electrons. The van der Waals surface area contributed by atoms with Crippen molar-refractivity contribution in [1.29, 1.82) is 0 Å². The summed E-state index contributed by atoms with van der Waals surface area (Å²) in [5, 5.41) is 11.5. The molecule has 1 fully saturated rings. The number of non-ortho nitro benzene ring substituents is 1. The predicted molar refractivity (Wildman–Crippen MR) is 103 cm³/mol. The van der Waals surface area contributed by atoms with E-state index < -0.39 is 4.92 Å². The van der Waals surface area contributed by atoms with Crippen LogP contribution in [-0.4, -0.2) is 51.8 Å². The molecule has 3 heterocycles. The summed E-state index contributed by atoms with van der Waals surface area (Å²) in [6.45, 7) is 2.72. The number of thioether (sulfide) groups is 1. The molecule has 0 saturated carbocycles. The maximum absolute atomic E-state index is 12.3. The van der Waals surface area contributed by atoms with E-state index in [1.54, 1.807) is 18.2 Å². The Hall–Kier alpha value is -2.91. The zero-order valence-corrected chi connectivity index (χ0v) is 15.1. The summed E-state index contributed by atoms with van der Waals surface area (Å²) in [5.41, 5.74) is 1.62. The first-order valence-electron chi connectivity index (χ1n) is 8.39. The van der Waals surface area contributed by atoms with E-state index in [2.05, 4.69) is 9.89 Å². The molecule has 0 bridgehead atoms. The van der Waals surface area contributed by atoms with E-state index in [0.29, 0.717) is 23.3 Å². The number of benzene rings is 1. The van der Waals surface area contributed by atoms with E-state index in [9.17, 15) is 14.9 Å². The summed E-state index contributed by atoms with van der Waals surface area (Å²) in [5.74, 6) is -0.252. The second-order valence-electron chi connectivity index (χ2n) is 5.99. The van der Waals surface area contributed by atoms with Crippen molar-refractivity contribution in [2.45, 2.75) is 0 Å². The molecule has 8 nitrogen and oxygen atoms in total. The maximum Gasteiger partial charge on any atom is 0.286 e. The lowest BCUT2D eigenvalue weighted by molar-refractivity contribution is -0.384. The second kappa shape index (κ2) is 7.37. The maximum atomic E-state index is 12.3. The van der Waals surface area contributed by atoms with Gasteiger partial charge in [0.1, 0.15) is 0 Å². The van der Waals surface area contributed by atoms with Crippen LogP contribution in [0.4, 0.5) is 5.69 Å². The minimum atomic E-state index is -0.430. The number of rotatable bonds is 3. The minimum absolute atomic E-state index is 0.0379. The van der Waals surface area contributed by atoms with Gasteiger partial charge < -0.3 is 14.2 Å². The highest BCUT2D eigenvalue weighted by atomic mass is 32.2. The van der Waals surface area contributed by atoms with Gasteiger partial charge in [0.15, 0.2) is 5.17 Å². The molecule has 9 heteroatoms. The van der Waals surface area contributed by atoms with Crippen LogP contribution in [-0.2, 0) is 9.53 Å². The second-order valence-corrected chi connectivity index (χ2v) is 7.00. The van der Waals surface area contributed by atoms with Gasteiger partial charge in [-0.25, -0.2) is 0 Å². The summed E-state index contributed by atoms with van der Waals surface area (Å²) in [6.07, 6.45) is 3.65. The zero-order valence-electron chi connectivity index (χ0n) is 14.3. The van der Waals surface area contributed by atoms with Crippen molar-refractivity contribution < 1.29 is 14.5 Å². The fraction of sp³-hybridized carbons (Fsp3) is 0.222. The molecule has 2 aliphatic heterocycles. The number of nitrogens with zero attached hydrogens (tertiary/aromatic N) is 4. The van der Waals surface area contributed by atoms with Gasteiger partial charge in [-0.2, -0.15) is 4.99 Å². The van der Waals surface area contributed by atoms with Crippen LogP contribution in [0, 0.1) is 10.1 Å². The van der Waals surface area contributed by atoms with Gasteiger partial charge in [0.25, 0.3) is 11.6 Å². The Morgan fingerprint density at radius 3 is 2.63 bits per heavy atom. The molecule has 4 rings (SSSR count). The molecule has 27 heavy (non-hydrogen) atoms. The van der Waals surface area contributed by atoms with E-state index in [1.165, 1.54) is 23.9 Å². The number of hydrogen-bond acceptors (Lipinski definition) is 6. The molecule has 2 aromatic rings. The molecule has 0 N–H and O–H groups in total. The number of carbonyl (C=O) groups is 1. The van der Waals surface area contributed by atoms with Crippen LogP contribution in [0.2, 0.25) is 0 Å². The van der Waals surface area contributed by atoms with Crippen LogP contribution in [0.25, 0.3) is 11.8 Å². The molecule has 0 radical (unpaired) electrons. The molecule has 1 aromatic heterocycles. The molecule has 2 aliphatic rings. The van der Waals surface area contributed by atoms with Crippen LogP contribution >= 0.6 is 11.8 Å². The molecule has 0 unspecified atom stereocenters. The highest BCUT2D eigenvalue weighted by molar-refractivity contribution is 8.18. The fourth-order valence-electron chi connectivity index (χ4n) is 2.90. The van der Waals surface area contributed by atoms with Crippen molar-refractivity contribution in [3.63, 3.8) is 0 Å². The van der Waals surface area contributed by atoms with E-state index in [4.69, 9.17) is 4.74 Å². The number of ether oxygens (including phenoxy) is 1. The SMILES string of the molecule is O=C1N=C(N2CCOCC2)S/C1=C\c1cccn1-c1ccc([N+](=O)[O-])cc1. The van der Waals surface area contributed by atoms with E-state index in [0.717, 1.165) is 24.5 Å². The van der Waals surface area contributed by atoms with Gasteiger partial charge in [-0.3, -0.25) is 14.9 Å². The first-order chi connectivity index (χ1) is 13.1. The molecule has 1 aromatic carbocycles. The zero-order chi connectivity index (χ0) is 18.8. The van der Waals surface area contributed by atoms with Crippen LogP contribution in [0.5, 0.6) is 0 Å². The minimum Gasteiger partial charge on any atom is -0.378 e. The summed E-state index contributed by atoms with van der Waals surface area (Å²) in [7, 11) is 0. The lowest BCUT2D eigenvalue weighted by atomic mass is 10.2. The summed E-state index contributed by atoms with van der Waals surface area (Å²) in [4.78, 5) is 29.5. The van der Waals surface area contributed by atoms with E-state index in [-0.39, 0.29) is 11.6 Å². The first-order valence-corrected chi connectivity index (χ1v) is 9.21. The topological polar surface area (TPSA) is 90.0 Å². The Kier molecular flexibility index (Phi) is 4.78. The van der Waals surface area contributed by atoms with Gasteiger partial charge in [0.2, 0.25) is 0 Å². The Labute approximate surface area is 159 Å². The molecule has 0 spiro atoms. The van der Waals surface area contributed by atoms with Crippen LogP contribution in [0.3, 0.4) is 0 Å². The standard InChI is InChI=1S/C18H16N4O4S/c23-17-16(27-18(19-17)20-8-10-26-11-9-20)12-15-2-1-7-21(15)13-3-5-14(6-4-13)22(24)25/h1-7,12H,8-11H2/b16-12-.